The van der Waals surface area contributed by atoms with Crippen LogP contribution in [0.1, 0.15) is 29.5 Å². The summed E-state index contributed by atoms with van der Waals surface area (Å²) in [6.45, 7) is 0.657. The lowest BCUT2D eigenvalue weighted by Crippen LogP contribution is -2.35. The lowest BCUT2D eigenvalue weighted by Gasteiger charge is -2.17. The van der Waals surface area contributed by atoms with Crippen molar-refractivity contribution in [3.8, 4) is 0 Å². The molecule has 0 radical (unpaired) electrons. The van der Waals surface area contributed by atoms with Crippen molar-refractivity contribution >= 4 is 34.2 Å². The van der Waals surface area contributed by atoms with Crippen LogP contribution < -0.4 is 10.2 Å². The molecule has 3 aromatic rings. The second-order valence-corrected chi connectivity index (χ2v) is 6.77. The molecule has 24 heavy (non-hydrogen) atoms. The third kappa shape index (κ3) is 3.07. The molecule has 8 nitrogen and oxygen atoms in total. The van der Waals surface area contributed by atoms with Gasteiger partial charge in [0.05, 0.1) is 30.1 Å². The SMILES string of the molecule is CN(CC(=O)NCc1csc(C2CC2)n1)c1ncnc2nc[nH]c12. The number of H-pyrrole nitrogens is 1. The molecule has 3 heterocycles. The predicted molar refractivity (Wildman–Crippen MR) is 90.9 cm³/mol. The van der Waals surface area contributed by atoms with E-state index in [9.17, 15) is 4.79 Å². The minimum atomic E-state index is -0.0789. The molecule has 0 aliphatic heterocycles. The Labute approximate surface area is 142 Å². The minimum absolute atomic E-state index is 0.0789. The van der Waals surface area contributed by atoms with Gasteiger partial charge in [0.2, 0.25) is 5.91 Å². The van der Waals surface area contributed by atoms with Gasteiger partial charge in [-0.1, -0.05) is 0 Å². The Balaban J connectivity index is 1.35. The molecule has 1 amide bonds. The van der Waals surface area contributed by atoms with Crippen molar-refractivity contribution in [2.75, 3.05) is 18.5 Å². The molecule has 3 aromatic heterocycles. The molecule has 0 aromatic carbocycles. The molecule has 124 valence electrons. The van der Waals surface area contributed by atoms with E-state index in [4.69, 9.17) is 0 Å². The topological polar surface area (TPSA) is 99.7 Å². The zero-order valence-electron chi connectivity index (χ0n) is 13.2. The summed E-state index contributed by atoms with van der Waals surface area (Å²) in [6, 6.07) is 0. The maximum Gasteiger partial charge on any atom is 0.239 e. The summed E-state index contributed by atoms with van der Waals surface area (Å²) in [7, 11) is 1.82. The Morgan fingerprint density at radius 3 is 3.12 bits per heavy atom. The van der Waals surface area contributed by atoms with Crippen LogP contribution in [0.25, 0.3) is 11.2 Å². The van der Waals surface area contributed by atoms with E-state index in [2.05, 4.69) is 30.2 Å². The fraction of sp³-hybridized carbons (Fsp3) is 0.400. The smallest absolute Gasteiger partial charge is 0.239 e. The molecule has 1 saturated carbocycles. The quantitative estimate of drug-likeness (QED) is 0.702. The Kier molecular flexibility index (Phi) is 3.85. The number of aromatic amines is 1. The number of nitrogens with one attached hydrogen (secondary N) is 2. The van der Waals surface area contributed by atoms with Crippen LogP contribution in [0, 0.1) is 0 Å². The zero-order valence-corrected chi connectivity index (χ0v) is 14.0. The van der Waals surface area contributed by atoms with Gasteiger partial charge in [-0.25, -0.2) is 19.9 Å². The second kappa shape index (κ2) is 6.16. The lowest BCUT2D eigenvalue weighted by molar-refractivity contribution is -0.119. The zero-order chi connectivity index (χ0) is 16.5. The van der Waals surface area contributed by atoms with Gasteiger partial charge in [-0.2, -0.15) is 0 Å². The van der Waals surface area contributed by atoms with Crippen LogP contribution in [-0.4, -0.2) is 44.4 Å². The van der Waals surface area contributed by atoms with Gasteiger partial charge in [0, 0.05) is 18.3 Å². The number of rotatable bonds is 6. The normalized spacial score (nSPS) is 14.0. The standard InChI is InChI=1S/C15H17N7OS/c1-22(14-12-13(18-7-17-12)19-8-20-14)5-11(23)16-4-10-6-24-15(21-10)9-2-3-9/h6-9H,2-5H2,1H3,(H,16,23)(H,17,18,19,20). The van der Waals surface area contributed by atoms with Crippen molar-refractivity contribution in [3.05, 3.63) is 28.7 Å². The van der Waals surface area contributed by atoms with Crippen molar-refractivity contribution in [3.63, 3.8) is 0 Å². The van der Waals surface area contributed by atoms with Gasteiger partial charge < -0.3 is 15.2 Å². The summed E-state index contributed by atoms with van der Waals surface area (Å²) < 4.78 is 0. The first-order valence-electron chi connectivity index (χ1n) is 7.77. The fourth-order valence-electron chi connectivity index (χ4n) is 2.50. The van der Waals surface area contributed by atoms with Gasteiger partial charge in [0.15, 0.2) is 11.5 Å². The number of imidazole rings is 1. The van der Waals surface area contributed by atoms with Crippen molar-refractivity contribution in [2.45, 2.75) is 25.3 Å². The molecule has 1 aliphatic carbocycles. The number of thiazole rings is 1. The van der Waals surface area contributed by atoms with E-state index in [0.717, 1.165) is 11.2 Å². The summed E-state index contributed by atoms with van der Waals surface area (Å²) >= 11 is 1.68. The molecule has 0 atom stereocenters. The van der Waals surface area contributed by atoms with Gasteiger partial charge in [0.25, 0.3) is 0 Å². The Hall–Kier alpha value is -2.55. The molecule has 1 aliphatic rings. The lowest BCUT2D eigenvalue weighted by atomic mass is 10.4. The first kappa shape index (κ1) is 15.0. The van der Waals surface area contributed by atoms with E-state index in [1.807, 2.05) is 12.4 Å². The molecular weight excluding hydrogens is 326 g/mol. The number of likely N-dealkylation sites (N-methyl/N-ethyl adjacent to an activating group) is 1. The van der Waals surface area contributed by atoms with Crippen LogP contribution in [0.15, 0.2) is 18.0 Å². The summed E-state index contributed by atoms with van der Waals surface area (Å²) in [4.78, 5) is 33.9. The van der Waals surface area contributed by atoms with Crippen molar-refractivity contribution in [2.24, 2.45) is 0 Å². The number of fused-ring (bicyclic) bond motifs is 1. The average molecular weight is 343 g/mol. The highest BCUT2D eigenvalue weighted by atomic mass is 32.1. The van der Waals surface area contributed by atoms with Crippen LogP contribution in [0.5, 0.6) is 0 Å². The van der Waals surface area contributed by atoms with Crippen LogP contribution in [0.4, 0.5) is 5.82 Å². The van der Waals surface area contributed by atoms with Gasteiger partial charge in [0.1, 0.15) is 11.8 Å². The van der Waals surface area contributed by atoms with E-state index in [1.54, 1.807) is 22.6 Å². The largest absolute Gasteiger partial charge is 0.349 e. The predicted octanol–water partition coefficient (Wildman–Crippen LogP) is 1.44. The third-order valence-electron chi connectivity index (χ3n) is 3.91. The number of amides is 1. The number of aromatic nitrogens is 5. The Morgan fingerprint density at radius 2 is 2.29 bits per heavy atom. The highest BCUT2D eigenvalue weighted by Gasteiger charge is 2.26. The number of carbonyl (C=O) groups is 1. The second-order valence-electron chi connectivity index (χ2n) is 5.88. The maximum absolute atomic E-state index is 12.2. The molecule has 2 N–H and O–H groups in total. The molecule has 4 rings (SSSR count). The molecule has 0 unspecified atom stereocenters. The van der Waals surface area contributed by atoms with Crippen LogP contribution >= 0.6 is 11.3 Å². The molecule has 1 fully saturated rings. The van der Waals surface area contributed by atoms with Gasteiger partial charge >= 0.3 is 0 Å². The molecule has 9 heteroatoms. The van der Waals surface area contributed by atoms with Crippen LogP contribution in [0.3, 0.4) is 0 Å². The van der Waals surface area contributed by atoms with Gasteiger partial charge in [-0.3, -0.25) is 4.79 Å². The highest BCUT2D eigenvalue weighted by molar-refractivity contribution is 7.09. The number of carbonyl (C=O) groups excluding carboxylic acids is 1. The molecule has 0 spiro atoms. The molecular formula is C15H17N7OS. The number of hydrogen-bond acceptors (Lipinski definition) is 7. The van der Waals surface area contributed by atoms with E-state index in [-0.39, 0.29) is 12.5 Å². The van der Waals surface area contributed by atoms with E-state index in [1.165, 1.54) is 24.2 Å². The third-order valence-corrected chi connectivity index (χ3v) is 4.96. The van der Waals surface area contributed by atoms with Crippen molar-refractivity contribution < 1.29 is 4.79 Å². The summed E-state index contributed by atoms with van der Waals surface area (Å²) in [5, 5.41) is 6.13. The monoisotopic (exact) mass is 343 g/mol. The fourth-order valence-corrected chi connectivity index (χ4v) is 3.49. The number of hydrogen-bond donors (Lipinski definition) is 2. The minimum Gasteiger partial charge on any atom is -0.349 e. The molecule has 0 bridgehead atoms. The van der Waals surface area contributed by atoms with Gasteiger partial charge in [-0.15, -0.1) is 11.3 Å². The van der Waals surface area contributed by atoms with E-state index >= 15 is 0 Å². The van der Waals surface area contributed by atoms with Crippen LogP contribution in [0.2, 0.25) is 0 Å². The van der Waals surface area contributed by atoms with E-state index < -0.39 is 0 Å². The molecule has 0 saturated heterocycles. The van der Waals surface area contributed by atoms with Gasteiger partial charge in [-0.05, 0) is 12.8 Å². The Morgan fingerprint density at radius 1 is 1.42 bits per heavy atom. The van der Waals surface area contributed by atoms with Crippen molar-refractivity contribution in [1.82, 2.24) is 30.2 Å². The number of anilines is 1. The highest BCUT2D eigenvalue weighted by Crippen LogP contribution is 2.41. The first-order valence-corrected chi connectivity index (χ1v) is 8.65. The van der Waals surface area contributed by atoms with E-state index in [0.29, 0.717) is 23.9 Å². The first-order chi connectivity index (χ1) is 11.7. The summed E-state index contributed by atoms with van der Waals surface area (Å²) in [5.41, 5.74) is 2.24. The maximum atomic E-state index is 12.2. The number of nitrogens with zero attached hydrogens (tertiary/aromatic N) is 5. The summed E-state index contributed by atoms with van der Waals surface area (Å²) in [6.07, 6.45) is 5.49. The average Bonchev–Trinajstić information content (AvgIpc) is 3.13. The summed E-state index contributed by atoms with van der Waals surface area (Å²) in [5.74, 6) is 1.22. The van der Waals surface area contributed by atoms with Crippen molar-refractivity contribution in [1.29, 1.82) is 0 Å². The Bertz CT molecular complexity index is 869. The van der Waals surface area contributed by atoms with Crippen LogP contribution in [-0.2, 0) is 11.3 Å².